The number of methoxy groups -OCH3 is 1. The number of rotatable bonds is 16. The van der Waals surface area contributed by atoms with Gasteiger partial charge in [0.1, 0.15) is 31.0 Å². The van der Waals surface area contributed by atoms with Crippen LogP contribution in [0.3, 0.4) is 0 Å². The summed E-state index contributed by atoms with van der Waals surface area (Å²) >= 11 is 0. The monoisotopic (exact) mass is 582 g/mol. The summed E-state index contributed by atoms with van der Waals surface area (Å²) in [6.07, 6.45) is 9.11. The van der Waals surface area contributed by atoms with Gasteiger partial charge in [0.15, 0.2) is 6.23 Å². The van der Waals surface area contributed by atoms with Crippen LogP contribution in [0.15, 0.2) is 15.8 Å². The number of carbonyl (C=O) groups is 1. The third kappa shape index (κ3) is 8.87. The number of carbonyl (C=O) groups excluding carboxylic acids is 1. The molecule has 2 unspecified atom stereocenters. The van der Waals surface area contributed by atoms with E-state index in [-0.39, 0.29) is 31.2 Å². The molecule has 40 heavy (non-hydrogen) atoms. The lowest BCUT2D eigenvalue weighted by Gasteiger charge is -2.32. The van der Waals surface area contributed by atoms with Gasteiger partial charge in [0.05, 0.1) is 19.8 Å². The molecule has 0 saturated carbocycles. The summed E-state index contributed by atoms with van der Waals surface area (Å²) < 4.78 is 35.2. The molecular formula is C27H41N3O9P-. The fourth-order valence-corrected chi connectivity index (χ4v) is 5.78. The van der Waals surface area contributed by atoms with Crippen LogP contribution in [0.4, 0.5) is 0 Å². The standard InChI is InChI=1S/C27H42N3O9P/c1-4-5-6-7-8-9-10-11-12-15-21(31)28-16-13-14-20-17-30(26(33)29-24(20)32)25-22-23(39-40(3,34)35)27(38-25,18-36-2)19-37-22/h17,22-23,25H,4-12,15-16,18-19H2,1-3H3,(H,28,31)(H,34,35)(H,29,32,33)/p-1/t22-,23?,25-,27-/m1/s1. The minimum absolute atomic E-state index is 0.0101. The number of H-pyrrole nitrogens is 1. The number of hydrogen-bond donors (Lipinski definition) is 2. The van der Waals surface area contributed by atoms with Crippen molar-refractivity contribution < 1.29 is 33.0 Å². The third-order valence-electron chi connectivity index (χ3n) is 7.01. The van der Waals surface area contributed by atoms with E-state index in [2.05, 4.69) is 29.1 Å². The zero-order valence-electron chi connectivity index (χ0n) is 23.6. The van der Waals surface area contributed by atoms with Crippen LogP contribution in [0.1, 0.15) is 82.9 Å². The lowest BCUT2D eigenvalue weighted by atomic mass is 10.0. The van der Waals surface area contributed by atoms with Gasteiger partial charge >= 0.3 is 5.69 Å². The van der Waals surface area contributed by atoms with E-state index in [0.717, 1.165) is 30.5 Å². The van der Waals surface area contributed by atoms with Crippen LogP contribution in [0.5, 0.6) is 0 Å². The highest BCUT2D eigenvalue weighted by Crippen LogP contribution is 2.51. The zero-order valence-corrected chi connectivity index (χ0v) is 24.5. The lowest BCUT2D eigenvalue weighted by Crippen LogP contribution is -2.46. The molecule has 2 N–H and O–H groups in total. The lowest BCUT2D eigenvalue weighted by molar-refractivity contribution is -0.208. The van der Waals surface area contributed by atoms with E-state index in [4.69, 9.17) is 18.7 Å². The predicted octanol–water partition coefficient (Wildman–Crippen LogP) is 1.81. The number of ether oxygens (including phenoxy) is 3. The molecule has 2 bridgehead atoms. The summed E-state index contributed by atoms with van der Waals surface area (Å²) in [5.74, 6) is 5.31. The van der Waals surface area contributed by atoms with Gasteiger partial charge in [0.25, 0.3) is 5.56 Å². The summed E-state index contributed by atoms with van der Waals surface area (Å²) in [7, 11) is -2.75. The molecule has 5 atom stereocenters. The summed E-state index contributed by atoms with van der Waals surface area (Å²) in [4.78, 5) is 51.2. The molecule has 1 amide bonds. The highest BCUT2D eigenvalue weighted by molar-refractivity contribution is 7.50. The summed E-state index contributed by atoms with van der Waals surface area (Å²) in [5.41, 5.74) is -2.75. The topological polar surface area (TPSA) is 161 Å². The molecule has 12 nitrogen and oxygen atoms in total. The van der Waals surface area contributed by atoms with Gasteiger partial charge in [-0.3, -0.25) is 19.1 Å². The first-order valence-corrected chi connectivity index (χ1v) is 16.0. The van der Waals surface area contributed by atoms with E-state index in [1.165, 1.54) is 51.8 Å². The van der Waals surface area contributed by atoms with Gasteiger partial charge in [-0.15, -0.1) is 0 Å². The van der Waals surface area contributed by atoms with Crippen molar-refractivity contribution in [3.63, 3.8) is 0 Å². The Labute approximate surface area is 234 Å². The second kappa shape index (κ2) is 15.1. The minimum atomic E-state index is -4.18. The van der Waals surface area contributed by atoms with Gasteiger partial charge in [-0.2, -0.15) is 0 Å². The molecule has 224 valence electrons. The molecular weight excluding hydrogens is 541 g/mol. The van der Waals surface area contributed by atoms with Crippen molar-refractivity contribution in [2.45, 2.75) is 95.2 Å². The number of hydrogen-bond acceptors (Lipinski definition) is 9. The predicted molar refractivity (Wildman–Crippen MR) is 146 cm³/mol. The SMILES string of the molecule is CCCCCCCCCCCC(=O)NCC#Cc1cn([C@@H]2O[C@]3(COC)CO[C@@H]2C3OP(C)(=O)[O-])c(=O)[nH]c1=O. The number of unbranched alkanes of at least 4 members (excludes halogenated alkanes) is 8. The van der Waals surface area contributed by atoms with Gasteiger partial charge in [0, 0.05) is 26.4 Å². The third-order valence-corrected chi connectivity index (χ3v) is 7.62. The van der Waals surface area contributed by atoms with Crippen LogP contribution in [0.25, 0.3) is 0 Å². The fraction of sp³-hybridized carbons (Fsp3) is 0.741. The smallest absolute Gasteiger partial charge is 0.330 e. The molecule has 0 radical (unpaired) electrons. The Bertz CT molecular complexity index is 1210. The van der Waals surface area contributed by atoms with Gasteiger partial charge in [-0.05, 0) is 6.42 Å². The maximum absolute atomic E-state index is 12.6. The van der Waals surface area contributed by atoms with Crippen LogP contribution in [-0.2, 0) is 28.1 Å². The highest BCUT2D eigenvalue weighted by atomic mass is 31.2. The Morgan fingerprint density at radius 2 is 1.90 bits per heavy atom. The summed E-state index contributed by atoms with van der Waals surface area (Å²) in [6, 6.07) is 0. The van der Waals surface area contributed by atoms with E-state index in [1.807, 2.05) is 0 Å². The first kappa shape index (κ1) is 32.3. The molecule has 2 saturated heterocycles. The summed E-state index contributed by atoms with van der Waals surface area (Å²) in [5, 5.41) is 2.72. The van der Waals surface area contributed by atoms with Crippen molar-refractivity contribution in [1.29, 1.82) is 0 Å². The van der Waals surface area contributed by atoms with Crippen molar-refractivity contribution in [2.24, 2.45) is 0 Å². The van der Waals surface area contributed by atoms with Crippen molar-refractivity contribution in [3.05, 3.63) is 32.6 Å². The molecule has 0 spiro atoms. The van der Waals surface area contributed by atoms with Crippen LogP contribution < -0.4 is 21.5 Å². The van der Waals surface area contributed by atoms with Crippen molar-refractivity contribution in [2.75, 3.05) is 33.5 Å². The highest BCUT2D eigenvalue weighted by Gasteiger charge is 2.64. The maximum Gasteiger partial charge on any atom is 0.330 e. The number of fused-ring (bicyclic) bond motifs is 2. The van der Waals surface area contributed by atoms with Gasteiger partial charge in [0.2, 0.25) is 5.91 Å². The molecule has 2 aliphatic heterocycles. The molecule has 3 heterocycles. The largest absolute Gasteiger partial charge is 0.779 e. The molecule has 3 rings (SSSR count). The molecule has 0 aliphatic carbocycles. The average Bonchev–Trinajstić information content (AvgIpc) is 3.36. The van der Waals surface area contributed by atoms with Gasteiger partial charge in [-0.25, -0.2) is 4.79 Å². The molecule has 1 aromatic heterocycles. The van der Waals surface area contributed by atoms with E-state index in [1.54, 1.807) is 0 Å². The Hall–Kier alpha value is -2.26. The molecule has 0 aromatic carbocycles. The summed E-state index contributed by atoms with van der Waals surface area (Å²) in [6.45, 7) is 3.17. The molecule has 13 heteroatoms. The zero-order chi connectivity index (χ0) is 29.2. The van der Waals surface area contributed by atoms with Crippen LogP contribution >= 0.6 is 7.60 Å². The number of nitrogens with zero attached hydrogens (tertiary/aromatic N) is 1. The Balaban J connectivity index is 1.55. The van der Waals surface area contributed by atoms with Crippen molar-refractivity contribution in [1.82, 2.24) is 14.9 Å². The van der Waals surface area contributed by atoms with Crippen LogP contribution in [-0.4, -0.2) is 66.8 Å². The minimum Gasteiger partial charge on any atom is -0.779 e. The average molecular weight is 583 g/mol. The van der Waals surface area contributed by atoms with Crippen LogP contribution in [0, 0.1) is 11.8 Å². The molecule has 2 fully saturated rings. The van der Waals surface area contributed by atoms with E-state index >= 15 is 0 Å². The number of aromatic amines is 1. The van der Waals surface area contributed by atoms with Gasteiger partial charge < -0.3 is 33.5 Å². The fourth-order valence-electron chi connectivity index (χ4n) is 5.06. The first-order chi connectivity index (χ1) is 19.1. The first-order valence-electron chi connectivity index (χ1n) is 14.0. The van der Waals surface area contributed by atoms with E-state index in [0.29, 0.717) is 6.42 Å². The van der Waals surface area contributed by atoms with Crippen molar-refractivity contribution >= 4 is 13.5 Å². The Kier molecular flexibility index (Phi) is 12.2. The van der Waals surface area contributed by atoms with Gasteiger partial charge in [-0.1, -0.05) is 70.1 Å². The van der Waals surface area contributed by atoms with Crippen molar-refractivity contribution in [3.8, 4) is 11.8 Å². The quantitative estimate of drug-likeness (QED) is 0.168. The normalized spacial score (nSPS) is 24.9. The maximum atomic E-state index is 12.6. The van der Waals surface area contributed by atoms with E-state index in [9.17, 15) is 23.8 Å². The van der Waals surface area contributed by atoms with E-state index < -0.39 is 42.9 Å². The number of aromatic nitrogens is 2. The Morgan fingerprint density at radius 1 is 1.23 bits per heavy atom. The Morgan fingerprint density at radius 3 is 2.55 bits per heavy atom. The second-order valence-electron chi connectivity index (χ2n) is 10.4. The molecule has 1 aromatic rings. The second-order valence-corrected chi connectivity index (χ2v) is 12.2. The van der Waals surface area contributed by atoms with Crippen LogP contribution in [0.2, 0.25) is 0 Å². The number of nitrogens with one attached hydrogen (secondary N) is 2. The number of amides is 1. The molecule has 2 aliphatic rings.